The van der Waals surface area contributed by atoms with E-state index in [0.717, 1.165) is 24.8 Å². The van der Waals surface area contributed by atoms with Crippen LogP contribution in [0, 0.1) is 28.6 Å². The summed E-state index contributed by atoms with van der Waals surface area (Å²) in [5.41, 5.74) is 0.965. The molecule has 0 amide bonds. The zero-order valence-electron chi connectivity index (χ0n) is 13.7. The Morgan fingerprint density at radius 3 is 2.77 bits per heavy atom. The van der Waals surface area contributed by atoms with Crippen molar-refractivity contribution in [2.45, 2.75) is 71.0 Å². The van der Waals surface area contributed by atoms with Gasteiger partial charge < -0.3 is 10.2 Å². The predicted molar refractivity (Wildman–Crippen MR) is 84.1 cm³/mol. The largest absolute Gasteiger partial charge is 0.393 e. The summed E-state index contributed by atoms with van der Waals surface area (Å²) < 4.78 is 0. The molecule has 3 fully saturated rings. The fourth-order valence-electron chi connectivity index (χ4n) is 6.75. The lowest BCUT2D eigenvalue weighted by Crippen LogP contribution is -2.58. The van der Waals surface area contributed by atoms with E-state index in [1.807, 2.05) is 0 Å². The summed E-state index contributed by atoms with van der Waals surface area (Å²) in [6, 6.07) is 0. The van der Waals surface area contributed by atoms with Crippen LogP contribution in [0.2, 0.25) is 0 Å². The molecule has 0 aromatic carbocycles. The number of hydrogen-bond acceptors (Lipinski definition) is 3. The third-order valence-electron chi connectivity index (χ3n) is 7.68. The maximum absolute atomic E-state index is 11.8. The van der Waals surface area contributed by atoms with Crippen LogP contribution in [-0.2, 0) is 4.79 Å². The molecule has 0 bridgehead atoms. The number of ketones is 1. The second-order valence-electron chi connectivity index (χ2n) is 8.85. The minimum Gasteiger partial charge on any atom is -0.393 e. The topological polar surface area (TPSA) is 57.5 Å². The molecule has 3 heteroatoms. The third kappa shape index (κ3) is 1.85. The molecule has 22 heavy (non-hydrogen) atoms. The summed E-state index contributed by atoms with van der Waals surface area (Å²) in [7, 11) is 0. The molecule has 4 aliphatic carbocycles. The summed E-state index contributed by atoms with van der Waals surface area (Å²) in [5, 5.41) is 21.7. The number of rotatable bonds is 0. The minimum atomic E-state index is -0.495. The van der Waals surface area contributed by atoms with Gasteiger partial charge in [0.15, 0.2) is 5.78 Å². The van der Waals surface area contributed by atoms with Gasteiger partial charge in [0.2, 0.25) is 0 Å². The first kappa shape index (κ1) is 14.9. The standard InChI is InChI=1S/C19H28O3/c1-18-6-3-4-13(18)12-9-15(21)14-8-11(20)5-7-19(14,2)17(12)16(22)10-18/h8,12-13,15-17,21-22H,3-7,9-10H2,1-2H3/t12-,13+,15-,16+,17+,18+,19-/m0/s1. The molecule has 0 aromatic rings. The van der Waals surface area contributed by atoms with Gasteiger partial charge in [0.1, 0.15) is 0 Å². The van der Waals surface area contributed by atoms with E-state index in [-0.39, 0.29) is 28.6 Å². The highest BCUT2D eigenvalue weighted by Crippen LogP contribution is 2.65. The Morgan fingerprint density at radius 2 is 2.00 bits per heavy atom. The summed E-state index contributed by atoms with van der Waals surface area (Å²) >= 11 is 0. The van der Waals surface area contributed by atoms with Crippen LogP contribution in [0.1, 0.15) is 58.8 Å². The molecular weight excluding hydrogens is 276 g/mol. The van der Waals surface area contributed by atoms with Gasteiger partial charge in [-0.1, -0.05) is 20.3 Å². The highest BCUT2D eigenvalue weighted by Gasteiger charge is 2.61. The molecule has 0 spiro atoms. The van der Waals surface area contributed by atoms with Gasteiger partial charge in [0, 0.05) is 6.42 Å². The molecule has 0 saturated heterocycles. The molecule has 4 aliphatic rings. The fourth-order valence-corrected chi connectivity index (χ4v) is 6.75. The van der Waals surface area contributed by atoms with Crippen LogP contribution in [0.15, 0.2) is 11.6 Å². The monoisotopic (exact) mass is 304 g/mol. The first-order chi connectivity index (χ1) is 10.3. The zero-order chi connectivity index (χ0) is 15.7. The van der Waals surface area contributed by atoms with Crippen molar-refractivity contribution in [3.8, 4) is 0 Å². The molecule has 4 rings (SSSR count). The van der Waals surface area contributed by atoms with Crippen molar-refractivity contribution in [1.29, 1.82) is 0 Å². The van der Waals surface area contributed by atoms with E-state index in [4.69, 9.17) is 0 Å². The Hall–Kier alpha value is -0.670. The molecule has 0 heterocycles. The summed E-state index contributed by atoms with van der Waals surface area (Å²) in [5.74, 6) is 1.39. The van der Waals surface area contributed by atoms with E-state index < -0.39 is 6.10 Å². The van der Waals surface area contributed by atoms with Crippen LogP contribution in [0.3, 0.4) is 0 Å². The van der Waals surface area contributed by atoms with Gasteiger partial charge in [-0.3, -0.25) is 4.79 Å². The highest BCUT2D eigenvalue weighted by molar-refractivity contribution is 5.91. The Bertz CT molecular complexity index is 539. The average molecular weight is 304 g/mol. The lowest BCUT2D eigenvalue weighted by molar-refractivity contribution is -0.139. The van der Waals surface area contributed by atoms with Gasteiger partial charge >= 0.3 is 0 Å². The van der Waals surface area contributed by atoms with Crippen LogP contribution >= 0.6 is 0 Å². The molecule has 0 radical (unpaired) electrons. The predicted octanol–water partition coefficient (Wildman–Crippen LogP) is 2.85. The third-order valence-corrected chi connectivity index (χ3v) is 7.68. The maximum atomic E-state index is 11.8. The van der Waals surface area contributed by atoms with E-state index in [2.05, 4.69) is 13.8 Å². The Balaban J connectivity index is 1.78. The number of carbonyl (C=O) groups is 1. The van der Waals surface area contributed by atoms with Crippen LogP contribution in [-0.4, -0.2) is 28.2 Å². The van der Waals surface area contributed by atoms with Gasteiger partial charge in [-0.2, -0.15) is 0 Å². The molecule has 2 N–H and O–H groups in total. The molecule has 122 valence electrons. The van der Waals surface area contributed by atoms with Crippen molar-refractivity contribution in [2.24, 2.45) is 28.6 Å². The average Bonchev–Trinajstić information content (AvgIpc) is 2.82. The molecule has 0 aromatic heterocycles. The number of fused-ring (bicyclic) bond motifs is 5. The van der Waals surface area contributed by atoms with Crippen LogP contribution in [0.25, 0.3) is 0 Å². The van der Waals surface area contributed by atoms with Gasteiger partial charge in [0.25, 0.3) is 0 Å². The highest BCUT2D eigenvalue weighted by atomic mass is 16.3. The number of aliphatic hydroxyl groups is 2. The maximum Gasteiger partial charge on any atom is 0.155 e. The number of aliphatic hydroxyl groups excluding tert-OH is 2. The van der Waals surface area contributed by atoms with E-state index in [1.165, 1.54) is 19.3 Å². The summed E-state index contributed by atoms with van der Waals surface area (Å²) in [4.78, 5) is 11.8. The second-order valence-corrected chi connectivity index (χ2v) is 8.85. The van der Waals surface area contributed by atoms with Crippen LogP contribution in [0.4, 0.5) is 0 Å². The lowest BCUT2D eigenvalue weighted by atomic mass is 9.46. The van der Waals surface area contributed by atoms with Gasteiger partial charge in [0.05, 0.1) is 12.2 Å². The molecular formula is C19H28O3. The first-order valence-electron chi connectivity index (χ1n) is 8.96. The van der Waals surface area contributed by atoms with E-state index >= 15 is 0 Å². The molecule has 0 aliphatic heterocycles. The zero-order valence-corrected chi connectivity index (χ0v) is 13.7. The van der Waals surface area contributed by atoms with Crippen molar-refractivity contribution in [2.75, 3.05) is 0 Å². The normalized spacial score (nSPS) is 54.3. The van der Waals surface area contributed by atoms with E-state index in [1.54, 1.807) is 6.08 Å². The molecule has 7 atom stereocenters. The van der Waals surface area contributed by atoms with Crippen molar-refractivity contribution in [3.63, 3.8) is 0 Å². The minimum absolute atomic E-state index is 0.140. The molecule has 3 nitrogen and oxygen atoms in total. The number of hydrogen-bond donors (Lipinski definition) is 2. The summed E-state index contributed by atoms with van der Waals surface area (Å²) in [6.45, 7) is 4.53. The van der Waals surface area contributed by atoms with Gasteiger partial charge in [-0.05, 0) is 72.3 Å². The Morgan fingerprint density at radius 1 is 1.23 bits per heavy atom. The van der Waals surface area contributed by atoms with Gasteiger partial charge in [-0.25, -0.2) is 0 Å². The smallest absolute Gasteiger partial charge is 0.155 e. The Labute approximate surface area is 132 Å². The quantitative estimate of drug-likeness (QED) is 0.723. The van der Waals surface area contributed by atoms with Crippen LogP contribution < -0.4 is 0 Å². The lowest BCUT2D eigenvalue weighted by Gasteiger charge is -2.60. The molecule has 3 saturated carbocycles. The van der Waals surface area contributed by atoms with Crippen molar-refractivity contribution >= 4 is 5.78 Å². The summed E-state index contributed by atoms with van der Waals surface area (Å²) in [6.07, 6.45) is 7.59. The fraction of sp³-hybridized carbons (Fsp3) is 0.842. The molecule has 0 unspecified atom stereocenters. The van der Waals surface area contributed by atoms with Crippen molar-refractivity contribution < 1.29 is 15.0 Å². The van der Waals surface area contributed by atoms with E-state index in [9.17, 15) is 15.0 Å². The van der Waals surface area contributed by atoms with Crippen molar-refractivity contribution in [1.82, 2.24) is 0 Å². The SMILES string of the molecule is C[C@]12CCC[C@@H]1[C@@H]1C[C@H](O)C3=CC(=O)CC[C@]3(C)[C@H]1[C@H](O)C2. The Kier molecular flexibility index (Phi) is 3.16. The van der Waals surface area contributed by atoms with Crippen molar-refractivity contribution in [3.05, 3.63) is 11.6 Å². The van der Waals surface area contributed by atoms with E-state index in [0.29, 0.717) is 18.3 Å². The first-order valence-corrected chi connectivity index (χ1v) is 8.96. The second kappa shape index (κ2) is 4.67. The van der Waals surface area contributed by atoms with Crippen LogP contribution in [0.5, 0.6) is 0 Å². The number of carbonyl (C=O) groups excluding carboxylic acids is 1. The van der Waals surface area contributed by atoms with Gasteiger partial charge in [-0.15, -0.1) is 0 Å².